The second-order valence-electron chi connectivity index (χ2n) is 5.21. The van der Waals surface area contributed by atoms with Gasteiger partial charge in [0.05, 0.1) is 18.1 Å². The highest BCUT2D eigenvalue weighted by Gasteiger charge is 2.25. The minimum atomic E-state index is -0.404. The number of rotatable bonds is 4. The average Bonchev–Trinajstić information content (AvgIpc) is 2.21. The van der Waals surface area contributed by atoms with E-state index in [-0.39, 0.29) is 18.1 Å². The summed E-state index contributed by atoms with van der Waals surface area (Å²) in [6.07, 6.45) is 3.53. The number of aliphatic hydroxyl groups is 1. The summed E-state index contributed by atoms with van der Waals surface area (Å²) in [6.45, 7) is 3.80. The molecule has 0 aromatic carbocycles. The number of methoxy groups -OCH3 is 1. The summed E-state index contributed by atoms with van der Waals surface area (Å²) in [6, 6.07) is 0.226. The minimum absolute atomic E-state index is 0.0354. The van der Waals surface area contributed by atoms with Crippen LogP contribution in [0, 0.1) is 0 Å². The zero-order valence-electron chi connectivity index (χ0n) is 10.5. The van der Waals surface area contributed by atoms with Crippen molar-refractivity contribution in [2.24, 2.45) is 0 Å². The van der Waals surface area contributed by atoms with E-state index in [4.69, 9.17) is 4.74 Å². The smallest absolute Gasteiger partial charge is 0.223 e. The molecule has 0 saturated heterocycles. The van der Waals surface area contributed by atoms with Gasteiger partial charge in [0, 0.05) is 13.2 Å². The normalized spacial score (nSPS) is 26.5. The van der Waals surface area contributed by atoms with Crippen molar-refractivity contribution in [3.8, 4) is 0 Å². The molecule has 1 fully saturated rings. The van der Waals surface area contributed by atoms with Crippen LogP contribution in [0.25, 0.3) is 0 Å². The van der Waals surface area contributed by atoms with E-state index in [1.54, 1.807) is 7.11 Å². The molecule has 4 heteroatoms. The molecule has 0 heterocycles. The Morgan fingerprint density at radius 2 is 1.94 bits per heavy atom. The van der Waals surface area contributed by atoms with Crippen LogP contribution in [-0.4, -0.2) is 35.9 Å². The van der Waals surface area contributed by atoms with Gasteiger partial charge in [-0.05, 0) is 39.5 Å². The molecule has 1 aliphatic carbocycles. The Balaban J connectivity index is 2.29. The van der Waals surface area contributed by atoms with Gasteiger partial charge in [0.2, 0.25) is 5.91 Å². The summed E-state index contributed by atoms with van der Waals surface area (Å²) in [5.41, 5.74) is -0.404. The van der Waals surface area contributed by atoms with Gasteiger partial charge >= 0.3 is 0 Å². The lowest BCUT2D eigenvalue weighted by Crippen LogP contribution is -2.41. The Kier molecular flexibility index (Phi) is 4.74. The SMILES string of the molecule is COC(C)(C)CC(=O)NC1CCC(O)CC1. The largest absolute Gasteiger partial charge is 0.393 e. The molecule has 1 aliphatic rings. The summed E-state index contributed by atoms with van der Waals surface area (Å²) in [5.74, 6) is 0.0354. The second kappa shape index (κ2) is 5.64. The highest BCUT2D eigenvalue weighted by Crippen LogP contribution is 2.19. The van der Waals surface area contributed by atoms with E-state index in [2.05, 4.69) is 5.32 Å². The van der Waals surface area contributed by atoms with Crippen LogP contribution in [-0.2, 0) is 9.53 Å². The minimum Gasteiger partial charge on any atom is -0.393 e. The fourth-order valence-corrected chi connectivity index (χ4v) is 1.96. The fourth-order valence-electron chi connectivity index (χ4n) is 1.96. The van der Waals surface area contributed by atoms with Gasteiger partial charge < -0.3 is 15.2 Å². The molecule has 0 bridgehead atoms. The number of hydrogen-bond acceptors (Lipinski definition) is 3. The lowest BCUT2D eigenvalue weighted by Gasteiger charge is -2.28. The predicted octanol–water partition coefficient (Wildman–Crippen LogP) is 1.22. The van der Waals surface area contributed by atoms with Gasteiger partial charge in [0.25, 0.3) is 0 Å². The third-order valence-corrected chi connectivity index (χ3v) is 3.20. The van der Waals surface area contributed by atoms with Gasteiger partial charge in [-0.1, -0.05) is 0 Å². The van der Waals surface area contributed by atoms with Crippen molar-refractivity contribution < 1.29 is 14.6 Å². The Labute approximate surface area is 97.4 Å². The zero-order chi connectivity index (χ0) is 12.2. The van der Waals surface area contributed by atoms with Crippen molar-refractivity contribution in [2.75, 3.05) is 7.11 Å². The molecule has 0 aromatic heterocycles. The van der Waals surface area contributed by atoms with E-state index in [1.165, 1.54) is 0 Å². The van der Waals surface area contributed by atoms with Crippen molar-refractivity contribution in [3.63, 3.8) is 0 Å². The third kappa shape index (κ3) is 4.49. The molecule has 0 atom stereocenters. The Hall–Kier alpha value is -0.610. The van der Waals surface area contributed by atoms with Crippen molar-refractivity contribution in [1.29, 1.82) is 0 Å². The maximum absolute atomic E-state index is 11.7. The molecule has 4 nitrogen and oxygen atoms in total. The molecular formula is C12H23NO3. The first-order valence-corrected chi connectivity index (χ1v) is 5.95. The summed E-state index contributed by atoms with van der Waals surface area (Å²) in [5, 5.41) is 12.4. The Morgan fingerprint density at radius 3 is 2.44 bits per heavy atom. The maximum Gasteiger partial charge on any atom is 0.223 e. The highest BCUT2D eigenvalue weighted by atomic mass is 16.5. The number of carbonyl (C=O) groups is 1. The first kappa shape index (κ1) is 13.5. The van der Waals surface area contributed by atoms with E-state index < -0.39 is 5.60 Å². The molecule has 0 aromatic rings. The van der Waals surface area contributed by atoms with Crippen LogP contribution in [0.5, 0.6) is 0 Å². The van der Waals surface area contributed by atoms with Gasteiger partial charge in [-0.25, -0.2) is 0 Å². The molecule has 1 amide bonds. The highest BCUT2D eigenvalue weighted by molar-refractivity contribution is 5.77. The van der Waals surface area contributed by atoms with Crippen LogP contribution in [0.15, 0.2) is 0 Å². The number of aliphatic hydroxyl groups excluding tert-OH is 1. The van der Waals surface area contributed by atoms with Crippen molar-refractivity contribution in [2.45, 2.75) is 63.7 Å². The summed E-state index contributed by atoms with van der Waals surface area (Å²) in [4.78, 5) is 11.7. The predicted molar refractivity (Wildman–Crippen MR) is 62.1 cm³/mol. The molecular weight excluding hydrogens is 206 g/mol. The summed E-state index contributed by atoms with van der Waals surface area (Å²) < 4.78 is 5.21. The van der Waals surface area contributed by atoms with Crippen LogP contribution < -0.4 is 5.32 Å². The summed E-state index contributed by atoms with van der Waals surface area (Å²) in [7, 11) is 1.62. The fraction of sp³-hybridized carbons (Fsp3) is 0.917. The van der Waals surface area contributed by atoms with Gasteiger partial charge in [0.15, 0.2) is 0 Å². The number of carbonyl (C=O) groups excluding carboxylic acids is 1. The van der Waals surface area contributed by atoms with Crippen LogP contribution >= 0.6 is 0 Å². The molecule has 0 unspecified atom stereocenters. The van der Waals surface area contributed by atoms with E-state index >= 15 is 0 Å². The first-order chi connectivity index (χ1) is 7.43. The molecule has 2 N–H and O–H groups in total. The van der Waals surface area contributed by atoms with Crippen molar-refractivity contribution in [1.82, 2.24) is 5.32 Å². The van der Waals surface area contributed by atoms with Crippen LogP contribution in [0.3, 0.4) is 0 Å². The number of ether oxygens (including phenoxy) is 1. The Bertz CT molecular complexity index is 232. The molecule has 1 rings (SSSR count). The lowest BCUT2D eigenvalue weighted by molar-refractivity contribution is -0.127. The van der Waals surface area contributed by atoms with Gasteiger partial charge in [-0.2, -0.15) is 0 Å². The molecule has 94 valence electrons. The van der Waals surface area contributed by atoms with Crippen LogP contribution in [0.4, 0.5) is 0 Å². The van der Waals surface area contributed by atoms with Crippen LogP contribution in [0.1, 0.15) is 46.0 Å². The zero-order valence-corrected chi connectivity index (χ0v) is 10.5. The maximum atomic E-state index is 11.7. The molecule has 16 heavy (non-hydrogen) atoms. The third-order valence-electron chi connectivity index (χ3n) is 3.20. The standard InChI is InChI=1S/C12H23NO3/c1-12(2,16-3)8-11(15)13-9-4-6-10(14)7-5-9/h9-10,14H,4-8H2,1-3H3,(H,13,15). The molecule has 0 spiro atoms. The van der Waals surface area contributed by atoms with E-state index in [0.717, 1.165) is 25.7 Å². The number of amides is 1. The van der Waals surface area contributed by atoms with Gasteiger partial charge in [-0.15, -0.1) is 0 Å². The molecule has 0 aliphatic heterocycles. The number of hydrogen-bond donors (Lipinski definition) is 2. The summed E-state index contributed by atoms with van der Waals surface area (Å²) >= 11 is 0. The molecule has 0 radical (unpaired) electrons. The van der Waals surface area contributed by atoms with Crippen molar-refractivity contribution >= 4 is 5.91 Å². The quantitative estimate of drug-likeness (QED) is 0.762. The van der Waals surface area contributed by atoms with E-state index in [1.807, 2.05) is 13.8 Å². The van der Waals surface area contributed by atoms with Gasteiger partial charge in [0.1, 0.15) is 0 Å². The number of nitrogens with one attached hydrogen (secondary N) is 1. The Morgan fingerprint density at radius 1 is 1.38 bits per heavy atom. The van der Waals surface area contributed by atoms with Crippen LogP contribution in [0.2, 0.25) is 0 Å². The first-order valence-electron chi connectivity index (χ1n) is 5.95. The van der Waals surface area contributed by atoms with Gasteiger partial charge in [-0.3, -0.25) is 4.79 Å². The lowest BCUT2D eigenvalue weighted by atomic mass is 9.92. The van der Waals surface area contributed by atoms with E-state index in [9.17, 15) is 9.90 Å². The topological polar surface area (TPSA) is 58.6 Å². The van der Waals surface area contributed by atoms with E-state index in [0.29, 0.717) is 6.42 Å². The van der Waals surface area contributed by atoms with Crippen molar-refractivity contribution in [3.05, 3.63) is 0 Å². The second-order valence-corrected chi connectivity index (χ2v) is 5.21. The molecule has 1 saturated carbocycles. The monoisotopic (exact) mass is 229 g/mol. The average molecular weight is 229 g/mol.